The maximum atomic E-state index is 12.3. The molecule has 110 valence electrons. The van der Waals surface area contributed by atoms with E-state index in [9.17, 15) is 13.2 Å². The van der Waals surface area contributed by atoms with Gasteiger partial charge in [-0.2, -0.15) is 18.3 Å². The van der Waals surface area contributed by atoms with Crippen LogP contribution in [-0.4, -0.2) is 16.0 Å². The smallest absolute Gasteiger partial charge is 0.324 e. The van der Waals surface area contributed by atoms with Crippen LogP contribution in [0.5, 0.6) is 0 Å². The van der Waals surface area contributed by atoms with E-state index < -0.39 is 12.6 Å². The van der Waals surface area contributed by atoms with Crippen LogP contribution in [-0.2, 0) is 19.4 Å². The summed E-state index contributed by atoms with van der Waals surface area (Å²) in [5.74, 6) is 0. The summed E-state index contributed by atoms with van der Waals surface area (Å²) < 4.78 is 38.5. The number of nitrogens with two attached hydrogens (primary N) is 1. The van der Waals surface area contributed by atoms with Gasteiger partial charge in [0, 0.05) is 23.8 Å². The van der Waals surface area contributed by atoms with Gasteiger partial charge in [0.25, 0.3) is 0 Å². The second kappa shape index (κ2) is 6.41. The van der Waals surface area contributed by atoms with E-state index in [0.29, 0.717) is 12.8 Å². The van der Waals surface area contributed by atoms with Crippen molar-refractivity contribution in [2.45, 2.75) is 65.2 Å². The van der Waals surface area contributed by atoms with Crippen molar-refractivity contribution in [2.75, 3.05) is 0 Å². The van der Waals surface area contributed by atoms with E-state index in [1.807, 2.05) is 20.8 Å². The van der Waals surface area contributed by atoms with E-state index in [1.165, 1.54) is 4.68 Å². The lowest BCUT2D eigenvalue weighted by Gasteiger charge is -2.13. The number of nitrogens with zero attached hydrogens (tertiary/aromatic N) is 2. The van der Waals surface area contributed by atoms with Crippen LogP contribution in [0.15, 0.2) is 0 Å². The molecule has 0 fully saturated rings. The first-order chi connectivity index (χ1) is 8.84. The van der Waals surface area contributed by atoms with E-state index in [2.05, 4.69) is 5.10 Å². The predicted molar refractivity (Wildman–Crippen MR) is 68.9 cm³/mol. The van der Waals surface area contributed by atoms with Crippen LogP contribution in [0, 0.1) is 0 Å². The second-order valence-corrected chi connectivity index (χ2v) is 4.62. The number of hydrogen-bond donors (Lipinski definition) is 1. The monoisotopic (exact) mass is 277 g/mol. The van der Waals surface area contributed by atoms with Crippen LogP contribution in [0.1, 0.15) is 56.6 Å². The third kappa shape index (κ3) is 3.96. The number of alkyl halides is 3. The molecule has 0 saturated carbocycles. The van der Waals surface area contributed by atoms with E-state index >= 15 is 0 Å². The van der Waals surface area contributed by atoms with Crippen molar-refractivity contribution >= 4 is 0 Å². The van der Waals surface area contributed by atoms with Gasteiger partial charge in [-0.1, -0.05) is 20.8 Å². The predicted octanol–water partition coefficient (Wildman–Crippen LogP) is 3.37. The molecule has 3 nitrogen and oxygen atoms in total. The fraction of sp³-hybridized carbons (Fsp3) is 0.769. The average Bonchev–Trinajstić information content (AvgIpc) is 2.72. The van der Waals surface area contributed by atoms with Crippen molar-refractivity contribution in [1.29, 1.82) is 0 Å². The van der Waals surface area contributed by atoms with Crippen molar-refractivity contribution in [1.82, 2.24) is 9.78 Å². The van der Waals surface area contributed by atoms with Gasteiger partial charge in [-0.05, 0) is 19.3 Å². The molecule has 1 aromatic rings. The normalized spacial score (nSPS) is 13.8. The first-order valence-electron chi connectivity index (χ1n) is 6.74. The standard InChI is InChI=1S/C13H22F3N3/c1-4-9(17)12-10(5-2)18-19(11(12)6-3)8-7-13(14,15)16/h9H,4-8,17H2,1-3H3. The maximum absolute atomic E-state index is 12.3. The number of rotatable bonds is 6. The van der Waals surface area contributed by atoms with Gasteiger partial charge >= 0.3 is 6.18 Å². The minimum Gasteiger partial charge on any atom is -0.324 e. The minimum atomic E-state index is -4.16. The Morgan fingerprint density at radius 3 is 2.26 bits per heavy atom. The minimum absolute atomic E-state index is 0.129. The van der Waals surface area contributed by atoms with Crippen LogP contribution < -0.4 is 5.73 Å². The topological polar surface area (TPSA) is 43.8 Å². The highest BCUT2D eigenvalue weighted by Crippen LogP contribution is 2.26. The zero-order valence-electron chi connectivity index (χ0n) is 11.7. The first kappa shape index (κ1) is 16.0. The van der Waals surface area contributed by atoms with Gasteiger partial charge in [-0.25, -0.2) is 0 Å². The average molecular weight is 277 g/mol. The molecule has 1 unspecified atom stereocenters. The molecule has 1 atom stereocenters. The first-order valence-corrected chi connectivity index (χ1v) is 6.74. The van der Waals surface area contributed by atoms with E-state index in [-0.39, 0.29) is 12.6 Å². The van der Waals surface area contributed by atoms with Gasteiger partial charge in [0.2, 0.25) is 0 Å². The van der Waals surface area contributed by atoms with Crippen molar-refractivity contribution in [3.8, 4) is 0 Å². The van der Waals surface area contributed by atoms with Crippen molar-refractivity contribution in [3.05, 3.63) is 17.0 Å². The number of halogens is 3. The summed E-state index contributed by atoms with van der Waals surface area (Å²) in [6.45, 7) is 5.71. The highest BCUT2D eigenvalue weighted by molar-refractivity contribution is 5.30. The van der Waals surface area contributed by atoms with Gasteiger partial charge in [-0.15, -0.1) is 0 Å². The Hall–Kier alpha value is -1.04. The third-order valence-electron chi connectivity index (χ3n) is 3.26. The molecule has 6 heteroatoms. The summed E-state index contributed by atoms with van der Waals surface area (Å²) in [7, 11) is 0. The molecule has 1 rings (SSSR count). The highest BCUT2D eigenvalue weighted by Gasteiger charge is 2.28. The van der Waals surface area contributed by atoms with E-state index in [4.69, 9.17) is 5.73 Å². The van der Waals surface area contributed by atoms with E-state index in [1.54, 1.807) is 0 Å². The SMILES string of the molecule is CCc1nn(CCC(F)(F)F)c(CC)c1C(N)CC. The Bertz CT molecular complexity index is 410. The van der Waals surface area contributed by atoms with Crippen LogP contribution in [0.2, 0.25) is 0 Å². The Morgan fingerprint density at radius 2 is 1.84 bits per heavy atom. The maximum Gasteiger partial charge on any atom is 0.390 e. The Balaban J connectivity index is 3.08. The largest absolute Gasteiger partial charge is 0.390 e. The van der Waals surface area contributed by atoms with Crippen LogP contribution in [0.3, 0.4) is 0 Å². The quantitative estimate of drug-likeness (QED) is 0.866. The molecule has 0 aliphatic rings. The summed E-state index contributed by atoms with van der Waals surface area (Å²) in [5, 5.41) is 4.31. The molecule has 0 aliphatic heterocycles. The lowest BCUT2D eigenvalue weighted by molar-refractivity contribution is -0.137. The molecule has 1 heterocycles. The fourth-order valence-corrected chi connectivity index (χ4v) is 2.25. The van der Waals surface area contributed by atoms with Crippen LogP contribution in [0.25, 0.3) is 0 Å². The lowest BCUT2D eigenvalue weighted by Crippen LogP contribution is -2.16. The number of aromatic nitrogens is 2. The molecule has 0 radical (unpaired) electrons. The van der Waals surface area contributed by atoms with Crippen molar-refractivity contribution in [3.63, 3.8) is 0 Å². The Morgan fingerprint density at radius 1 is 1.21 bits per heavy atom. The molecule has 0 amide bonds. The Kier molecular flexibility index (Phi) is 5.40. The molecule has 1 aromatic heterocycles. The molecular formula is C13H22F3N3. The molecular weight excluding hydrogens is 255 g/mol. The fourth-order valence-electron chi connectivity index (χ4n) is 2.25. The van der Waals surface area contributed by atoms with Gasteiger partial charge in [0.15, 0.2) is 0 Å². The summed E-state index contributed by atoms with van der Waals surface area (Å²) in [5.41, 5.74) is 8.68. The third-order valence-corrected chi connectivity index (χ3v) is 3.26. The number of aryl methyl sites for hydroxylation is 2. The van der Waals surface area contributed by atoms with Gasteiger partial charge in [0.1, 0.15) is 0 Å². The molecule has 19 heavy (non-hydrogen) atoms. The van der Waals surface area contributed by atoms with E-state index in [0.717, 1.165) is 23.4 Å². The molecule has 0 aromatic carbocycles. The molecule has 0 aliphatic carbocycles. The second-order valence-electron chi connectivity index (χ2n) is 4.62. The highest BCUT2D eigenvalue weighted by atomic mass is 19.4. The Labute approximate surface area is 112 Å². The van der Waals surface area contributed by atoms with Crippen LogP contribution >= 0.6 is 0 Å². The zero-order chi connectivity index (χ0) is 14.6. The lowest BCUT2D eigenvalue weighted by atomic mass is 10.00. The summed E-state index contributed by atoms with van der Waals surface area (Å²) >= 11 is 0. The molecule has 0 spiro atoms. The van der Waals surface area contributed by atoms with Gasteiger partial charge in [-0.3, -0.25) is 4.68 Å². The van der Waals surface area contributed by atoms with Crippen LogP contribution in [0.4, 0.5) is 13.2 Å². The van der Waals surface area contributed by atoms with Gasteiger partial charge in [0.05, 0.1) is 12.1 Å². The summed E-state index contributed by atoms with van der Waals surface area (Å²) in [6, 6.07) is -0.149. The summed E-state index contributed by atoms with van der Waals surface area (Å²) in [4.78, 5) is 0. The summed E-state index contributed by atoms with van der Waals surface area (Å²) in [6.07, 6.45) is -2.92. The van der Waals surface area contributed by atoms with Gasteiger partial charge < -0.3 is 5.73 Å². The molecule has 0 saturated heterocycles. The van der Waals surface area contributed by atoms with Crippen molar-refractivity contribution in [2.24, 2.45) is 5.73 Å². The van der Waals surface area contributed by atoms with Crippen molar-refractivity contribution < 1.29 is 13.2 Å². The zero-order valence-corrected chi connectivity index (χ0v) is 11.7. The molecule has 2 N–H and O–H groups in total. The molecule has 0 bridgehead atoms. The number of hydrogen-bond acceptors (Lipinski definition) is 2.